The molecule has 2 N–H and O–H groups in total. The molecule has 2 aliphatic heterocycles. The van der Waals surface area contributed by atoms with Gasteiger partial charge in [0.2, 0.25) is 0 Å². The molecule has 6 nitrogen and oxygen atoms in total. The molecule has 21 heavy (non-hydrogen) atoms. The Morgan fingerprint density at radius 3 is 2.62 bits per heavy atom. The van der Waals surface area contributed by atoms with Crippen LogP contribution in [-0.2, 0) is 0 Å². The van der Waals surface area contributed by atoms with Gasteiger partial charge in [-0.25, -0.2) is 0 Å². The van der Waals surface area contributed by atoms with Gasteiger partial charge in [-0.3, -0.25) is 9.69 Å². The van der Waals surface area contributed by atoms with Crippen molar-refractivity contribution in [2.45, 2.75) is 51.2 Å². The Bertz CT molecular complexity index is 515. The normalized spacial score (nSPS) is 26.1. The van der Waals surface area contributed by atoms with Crippen LogP contribution < -0.4 is 10.6 Å². The third-order valence-electron chi connectivity index (χ3n) is 4.66. The van der Waals surface area contributed by atoms with Crippen molar-refractivity contribution in [1.29, 1.82) is 0 Å². The van der Waals surface area contributed by atoms with Crippen LogP contribution in [-0.4, -0.2) is 52.2 Å². The number of anilines is 1. The highest BCUT2D eigenvalue weighted by molar-refractivity contribution is 5.90. The van der Waals surface area contributed by atoms with Gasteiger partial charge in [-0.15, -0.1) is 10.2 Å². The molecule has 1 amide bonds. The predicted molar refractivity (Wildman–Crippen MR) is 81.2 cm³/mol. The van der Waals surface area contributed by atoms with Gasteiger partial charge in [-0.1, -0.05) is 0 Å². The van der Waals surface area contributed by atoms with Crippen molar-refractivity contribution < 1.29 is 4.79 Å². The van der Waals surface area contributed by atoms with E-state index in [1.54, 1.807) is 6.07 Å². The summed E-state index contributed by atoms with van der Waals surface area (Å²) in [4.78, 5) is 16.0. The molecule has 0 radical (unpaired) electrons. The fourth-order valence-electron chi connectivity index (χ4n) is 3.79. The minimum Gasteiger partial charge on any atom is -0.364 e. The molecule has 0 unspecified atom stereocenters. The van der Waals surface area contributed by atoms with Gasteiger partial charge in [0.1, 0.15) is 0 Å². The standard InChI is InChI=1S/C15H23N5O/c1-10(2)20-11-3-4-12(20)9-19(8-7-11)14-6-5-13(15(16)21)17-18-14/h5-6,10-12H,3-4,7-9H2,1-2H3,(H2,16,21)/t11-,12-/m0/s1. The largest absolute Gasteiger partial charge is 0.364 e. The third-order valence-corrected chi connectivity index (χ3v) is 4.66. The van der Waals surface area contributed by atoms with E-state index in [0.717, 1.165) is 25.3 Å². The smallest absolute Gasteiger partial charge is 0.269 e. The lowest BCUT2D eigenvalue weighted by Crippen LogP contribution is -2.43. The maximum absolute atomic E-state index is 11.1. The van der Waals surface area contributed by atoms with Gasteiger partial charge in [0.15, 0.2) is 11.5 Å². The molecule has 2 aliphatic rings. The fourth-order valence-corrected chi connectivity index (χ4v) is 3.79. The Morgan fingerprint density at radius 1 is 1.24 bits per heavy atom. The predicted octanol–water partition coefficient (Wildman–Crippen LogP) is 1.03. The van der Waals surface area contributed by atoms with Crippen LogP contribution in [0.2, 0.25) is 0 Å². The van der Waals surface area contributed by atoms with Gasteiger partial charge in [0.25, 0.3) is 5.91 Å². The molecular weight excluding hydrogens is 266 g/mol. The molecule has 2 saturated heterocycles. The molecule has 2 atom stereocenters. The van der Waals surface area contributed by atoms with Crippen molar-refractivity contribution in [3.05, 3.63) is 17.8 Å². The lowest BCUT2D eigenvalue weighted by atomic mass is 10.1. The second-order valence-corrected chi connectivity index (χ2v) is 6.30. The quantitative estimate of drug-likeness (QED) is 0.899. The molecule has 2 bridgehead atoms. The van der Waals surface area contributed by atoms with Crippen LogP contribution in [0.4, 0.5) is 5.82 Å². The van der Waals surface area contributed by atoms with Crippen LogP contribution in [0.1, 0.15) is 43.6 Å². The lowest BCUT2D eigenvalue weighted by Gasteiger charge is -2.32. The zero-order valence-electron chi connectivity index (χ0n) is 12.7. The summed E-state index contributed by atoms with van der Waals surface area (Å²) in [5, 5.41) is 8.10. The van der Waals surface area contributed by atoms with Crippen LogP contribution in [0.25, 0.3) is 0 Å². The molecule has 114 valence electrons. The van der Waals surface area contributed by atoms with E-state index in [4.69, 9.17) is 5.73 Å². The monoisotopic (exact) mass is 289 g/mol. The summed E-state index contributed by atoms with van der Waals surface area (Å²) in [7, 11) is 0. The topological polar surface area (TPSA) is 75.3 Å². The summed E-state index contributed by atoms with van der Waals surface area (Å²) >= 11 is 0. The van der Waals surface area contributed by atoms with E-state index < -0.39 is 5.91 Å². The molecular formula is C15H23N5O. The van der Waals surface area contributed by atoms with Crippen molar-refractivity contribution in [2.24, 2.45) is 5.73 Å². The summed E-state index contributed by atoms with van der Waals surface area (Å²) < 4.78 is 0. The lowest BCUT2D eigenvalue weighted by molar-refractivity contribution is 0.0994. The molecule has 3 heterocycles. The van der Waals surface area contributed by atoms with E-state index in [2.05, 4.69) is 33.8 Å². The molecule has 2 fully saturated rings. The highest BCUT2D eigenvalue weighted by Gasteiger charge is 2.38. The molecule has 3 rings (SSSR count). The van der Waals surface area contributed by atoms with Crippen LogP contribution in [0, 0.1) is 0 Å². The number of nitrogens with two attached hydrogens (primary N) is 1. The zero-order chi connectivity index (χ0) is 15.0. The Kier molecular flexibility index (Phi) is 3.80. The average Bonchev–Trinajstić information content (AvgIpc) is 2.74. The van der Waals surface area contributed by atoms with Crippen LogP contribution in [0.15, 0.2) is 12.1 Å². The van der Waals surface area contributed by atoms with Crippen molar-refractivity contribution in [1.82, 2.24) is 15.1 Å². The Morgan fingerprint density at radius 2 is 2.00 bits per heavy atom. The molecule has 1 aromatic rings. The zero-order valence-corrected chi connectivity index (χ0v) is 12.7. The minimum absolute atomic E-state index is 0.221. The Balaban J connectivity index is 1.77. The first-order chi connectivity index (χ1) is 10.1. The van der Waals surface area contributed by atoms with Gasteiger partial charge in [-0.2, -0.15) is 0 Å². The minimum atomic E-state index is -0.532. The van der Waals surface area contributed by atoms with Gasteiger partial charge in [0, 0.05) is 31.2 Å². The van der Waals surface area contributed by atoms with Crippen molar-refractivity contribution in [2.75, 3.05) is 18.0 Å². The first-order valence-electron chi connectivity index (χ1n) is 7.72. The maximum Gasteiger partial charge on any atom is 0.269 e. The van der Waals surface area contributed by atoms with Gasteiger partial charge >= 0.3 is 0 Å². The Hall–Kier alpha value is -1.69. The van der Waals surface area contributed by atoms with E-state index in [9.17, 15) is 4.79 Å². The van der Waals surface area contributed by atoms with Crippen molar-refractivity contribution in [3.8, 4) is 0 Å². The fraction of sp³-hybridized carbons (Fsp3) is 0.667. The van der Waals surface area contributed by atoms with Gasteiger partial charge in [-0.05, 0) is 45.2 Å². The van der Waals surface area contributed by atoms with E-state index in [0.29, 0.717) is 18.1 Å². The molecule has 0 saturated carbocycles. The number of amides is 1. The number of fused-ring (bicyclic) bond motifs is 2. The molecule has 6 heteroatoms. The SMILES string of the molecule is CC(C)N1[C@H]2CC[C@H]1CN(c1ccc(C(N)=O)nn1)CC2. The van der Waals surface area contributed by atoms with E-state index in [-0.39, 0.29) is 5.69 Å². The highest BCUT2D eigenvalue weighted by atomic mass is 16.1. The van der Waals surface area contributed by atoms with E-state index in [1.807, 2.05) is 6.07 Å². The second kappa shape index (κ2) is 5.60. The number of primary amides is 1. The van der Waals surface area contributed by atoms with Gasteiger partial charge < -0.3 is 10.6 Å². The summed E-state index contributed by atoms with van der Waals surface area (Å²) in [6.45, 7) is 6.54. The second-order valence-electron chi connectivity index (χ2n) is 6.30. The maximum atomic E-state index is 11.1. The number of hydrogen-bond donors (Lipinski definition) is 1. The summed E-state index contributed by atoms with van der Waals surface area (Å²) in [5.74, 6) is 0.311. The molecule has 0 spiro atoms. The summed E-state index contributed by atoms with van der Waals surface area (Å²) in [6, 6.07) is 5.39. The molecule has 0 aliphatic carbocycles. The number of nitrogens with zero attached hydrogens (tertiary/aromatic N) is 4. The summed E-state index contributed by atoms with van der Waals surface area (Å²) in [5.41, 5.74) is 5.43. The molecule has 0 aromatic carbocycles. The van der Waals surface area contributed by atoms with Crippen molar-refractivity contribution >= 4 is 11.7 Å². The van der Waals surface area contributed by atoms with Gasteiger partial charge in [0.05, 0.1) is 0 Å². The first kappa shape index (κ1) is 14.3. The molecule has 1 aromatic heterocycles. The van der Waals surface area contributed by atoms with Crippen LogP contribution in [0.3, 0.4) is 0 Å². The number of rotatable bonds is 3. The average molecular weight is 289 g/mol. The Labute approximate surface area is 125 Å². The number of carbonyl (C=O) groups is 1. The number of carbonyl (C=O) groups excluding carboxylic acids is 1. The van der Waals surface area contributed by atoms with Crippen molar-refractivity contribution in [3.63, 3.8) is 0 Å². The first-order valence-corrected chi connectivity index (χ1v) is 7.72. The van der Waals surface area contributed by atoms with E-state index in [1.165, 1.54) is 12.8 Å². The highest BCUT2D eigenvalue weighted by Crippen LogP contribution is 2.33. The summed E-state index contributed by atoms with van der Waals surface area (Å²) in [6.07, 6.45) is 3.73. The number of hydrogen-bond acceptors (Lipinski definition) is 5. The van der Waals surface area contributed by atoms with E-state index >= 15 is 0 Å². The third kappa shape index (κ3) is 2.72. The van der Waals surface area contributed by atoms with Crippen LogP contribution in [0.5, 0.6) is 0 Å². The number of aromatic nitrogens is 2. The van der Waals surface area contributed by atoms with Crippen LogP contribution >= 0.6 is 0 Å².